The number of aliphatic hydroxyl groups excluding tert-OH is 1. The van der Waals surface area contributed by atoms with Gasteiger partial charge in [-0.2, -0.15) is 13.2 Å². The van der Waals surface area contributed by atoms with E-state index >= 15 is 0 Å². The van der Waals surface area contributed by atoms with E-state index in [1.165, 1.54) is 18.4 Å². The van der Waals surface area contributed by atoms with Crippen molar-refractivity contribution < 1.29 is 18.3 Å². The normalized spacial score (nSPS) is 17.8. The van der Waals surface area contributed by atoms with Gasteiger partial charge in [0.25, 0.3) is 0 Å². The van der Waals surface area contributed by atoms with Gasteiger partial charge in [-0.3, -0.25) is 0 Å². The molecule has 4 heteroatoms. The summed E-state index contributed by atoms with van der Waals surface area (Å²) in [6.07, 6.45) is -2.86. The molecule has 1 atom stereocenters. The van der Waals surface area contributed by atoms with E-state index in [1.54, 1.807) is 12.1 Å². The van der Waals surface area contributed by atoms with Gasteiger partial charge >= 0.3 is 6.18 Å². The highest BCUT2D eigenvalue weighted by Gasteiger charge is 2.28. The van der Waals surface area contributed by atoms with Gasteiger partial charge in [0.15, 0.2) is 0 Å². The molecule has 0 spiro atoms. The predicted molar refractivity (Wildman–Crippen MR) is 63.1 cm³/mol. The topological polar surface area (TPSA) is 20.2 Å². The number of rotatable bonds is 5. The van der Waals surface area contributed by atoms with Crippen LogP contribution in [0.15, 0.2) is 24.3 Å². The minimum atomic E-state index is -4.20. The Morgan fingerprint density at radius 2 is 1.78 bits per heavy atom. The van der Waals surface area contributed by atoms with E-state index in [-0.39, 0.29) is 6.42 Å². The van der Waals surface area contributed by atoms with Crippen molar-refractivity contribution in [2.75, 3.05) is 0 Å². The molecule has 1 saturated carbocycles. The minimum absolute atomic E-state index is 0.272. The summed E-state index contributed by atoms with van der Waals surface area (Å²) in [6.45, 7) is 0. The van der Waals surface area contributed by atoms with Crippen LogP contribution in [0.3, 0.4) is 0 Å². The molecule has 1 aliphatic carbocycles. The molecule has 0 aliphatic heterocycles. The Morgan fingerprint density at radius 1 is 1.17 bits per heavy atom. The first-order valence-electron chi connectivity index (χ1n) is 6.28. The molecule has 1 aromatic carbocycles. The smallest absolute Gasteiger partial charge is 0.388 e. The second-order valence-electron chi connectivity index (χ2n) is 5.06. The molecule has 1 fully saturated rings. The van der Waals surface area contributed by atoms with Crippen LogP contribution in [0.25, 0.3) is 0 Å². The largest absolute Gasteiger partial charge is 0.389 e. The van der Waals surface area contributed by atoms with Crippen LogP contribution in [0.4, 0.5) is 13.2 Å². The summed E-state index contributed by atoms with van der Waals surface area (Å²) in [5.74, 6) is 0.783. The van der Waals surface area contributed by atoms with Crippen LogP contribution in [-0.4, -0.2) is 11.3 Å². The Kier molecular flexibility index (Phi) is 3.95. The van der Waals surface area contributed by atoms with Crippen molar-refractivity contribution in [3.63, 3.8) is 0 Å². The first-order valence-corrected chi connectivity index (χ1v) is 6.28. The van der Waals surface area contributed by atoms with E-state index in [1.807, 2.05) is 12.1 Å². The van der Waals surface area contributed by atoms with Gasteiger partial charge in [0.2, 0.25) is 0 Å². The third kappa shape index (κ3) is 4.33. The van der Waals surface area contributed by atoms with Gasteiger partial charge in [0.05, 0.1) is 6.10 Å². The number of hydrogen-bond donors (Lipinski definition) is 1. The van der Waals surface area contributed by atoms with Crippen molar-refractivity contribution in [2.24, 2.45) is 5.92 Å². The fraction of sp³-hybridized carbons (Fsp3) is 0.571. The number of benzene rings is 1. The lowest BCUT2D eigenvalue weighted by molar-refractivity contribution is -0.140. The third-order valence-electron chi connectivity index (χ3n) is 3.29. The molecular formula is C14H17F3O. The van der Waals surface area contributed by atoms with Gasteiger partial charge in [0.1, 0.15) is 0 Å². The number of alkyl halides is 3. The average Bonchev–Trinajstić information content (AvgIpc) is 3.10. The Morgan fingerprint density at radius 3 is 2.28 bits per heavy atom. The van der Waals surface area contributed by atoms with Crippen molar-refractivity contribution in [1.82, 2.24) is 0 Å². The standard InChI is InChI=1S/C14H17F3O/c15-14(16,17)8-7-13(18)12-5-3-11(4-6-12)9-10-1-2-10/h3-6,10,13,18H,1-2,7-9H2. The van der Waals surface area contributed by atoms with E-state index in [0.29, 0.717) is 5.56 Å². The lowest BCUT2D eigenvalue weighted by Gasteiger charge is -2.13. The number of hydrogen-bond acceptors (Lipinski definition) is 1. The van der Waals surface area contributed by atoms with Crippen LogP contribution in [0, 0.1) is 5.92 Å². The van der Waals surface area contributed by atoms with Crippen LogP contribution < -0.4 is 0 Å². The molecule has 0 heterocycles. The van der Waals surface area contributed by atoms with Crippen molar-refractivity contribution in [3.05, 3.63) is 35.4 Å². The van der Waals surface area contributed by atoms with E-state index < -0.39 is 18.7 Å². The summed E-state index contributed by atoms with van der Waals surface area (Å²) < 4.78 is 36.1. The molecule has 2 rings (SSSR count). The highest BCUT2D eigenvalue weighted by atomic mass is 19.4. The van der Waals surface area contributed by atoms with Gasteiger partial charge in [-0.05, 0) is 42.7 Å². The maximum atomic E-state index is 12.0. The van der Waals surface area contributed by atoms with Crippen molar-refractivity contribution >= 4 is 0 Å². The Labute approximate surface area is 105 Å². The Bertz CT molecular complexity index is 379. The van der Waals surface area contributed by atoms with Crippen LogP contribution >= 0.6 is 0 Å². The highest BCUT2D eigenvalue weighted by molar-refractivity contribution is 5.25. The highest BCUT2D eigenvalue weighted by Crippen LogP contribution is 2.33. The van der Waals surface area contributed by atoms with Crippen LogP contribution in [-0.2, 0) is 6.42 Å². The number of halogens is 3. The van der Waals surface area contributed by atoms with Gasteiger partial charge in [-0.25, -0.2) is 0 Å². The van der Waals surface area contributed by atoms with Gasteiger partial charge < -0.3 is 5.11 Å². The second-order valence-corrected chi connectivity index (χ2v) is 5.06. The predicted octanol–water partition coefficient (Wildman–Crippen LogP) is 4.02. The SMILES string of the molecule is OC(CCC(F)(F)F)c1ccc(CC2CC2)cc1. The molecule has 0 radical (unpaired) electrons. The molecule has 100 valence electrons. The van der Waals surface area contributed by atoms with Crippen molar-refractivity contribution in [2.45, 2.75) is 44.4 Å². The molecule has 0 saturated heterocycles. The van der Waals surface area contributed by atoms with E-state index in [9.17, 15) is 18.3 Å². The molecule has 1 nitrogen and oxygen atoms in total. The zero-order valence-electron chi connectivity index (χ0n) is 10.1. The first kappa shape index (κ1) is 13.4. The molecule has 0 amide bonds. The summed E-state index contributed by atoms with van der Waals surface area (Å²) >= 11 is 0. The second kappa shape index (κ2) is 5.31. The van der Waals surface area contributed by atoms with Crippen molar-refractivity contribution in [1.29, 1.82) is 0 Å². The van der Waals surface area contributed by atoms with Crippen LogP contribution in [0.5, 0.6) is 0 Å². The van der Waals surface area contributed by atoms with E-state index in [2.05, 4.69) is 0 Å². The molecule has 1 aromatic rings. The van der Waals surface area contributed by atoms with Crippen LogP contribution in [0.1, 0.15) is 42.9 Å². The Balaban J connectivity index is 1.87. The monoisotopic (exact) mass is 258 g/mol. The lowest BCUT2D eigenvalue weighted by atomic mass is 10.0. The molecule has 0 bridgehead atoms. The first-order chi connectivity index (χ1) is 8.44. The molecule has 1 N–H and O–H groups in total. The zero-order chi connectivity index (χ0) is 13.2. The zero-order valence-corrected chi connectivity index (χ0v) is 10.1. The third-order valence-corrected chi connectivity index (χ3v) is 3.29. The Hall–Kier alpha value is -1.03. The fourth-order valence-corrected chi connectivity index (χ4v) is 2.00. The maximum absolute atomic E-state index is 12.0. The van der Waals surface area contributed by atoms with Gasteiger partial charge in [-0.15, -0.1) is 0 Å². The van der Waals surface area contributed by atoms with Crippen LogP contribution in [0.2, 0.25) is 0 Å². The quantitative estimate of drug-likeness (QED) is 0.845. The summed E-state index contributed by atoms with van der Waals surface area (Å²) in [6, 6.07) is 7.28. The molecule has 1 aliphatic rings. The fourth-order valence-electron chi connectivity index (χ4n) is 2.00. The van der Waals surface area contributed by atoms with Gasteiger partial charge in [0, 0.05) is 6.42 Å². The van der Waals surface area contributed by atoms with Gasteiger partial charge in [-0.1, -0.05) is 24.3 Å². The van der Waals surface area contributed by atoms with E-state index in [4.69, 9.17) is 0 Å². The summed E-state index contributed by atoms with van der Waals surface area (Å²) in [4.78, 5) is 0. The number of aliphatic hydroxyl groups is 1. The summed E-state index contributed by atoms with van der Waals surface area (Å²) in [5.41, 5.74) is 1.77. The minimum Gasteiger partial charge on any atom is -0.388 e. The molecule has 18 heavy (non-hydrogen) atoms. The molecule has 1 unspecified atom stereocenters. The summed E-state index contributed by atoms with van der Waals surface area (Å²) in [7, 11) is 0. The van der Waals surface area contributed by atoms with Crippen molar-refractivity contribution in [3.8, 4) is 0 Å². The maximum Gasteiger partial charge on any atom is 0.389 e. The summed E-state index contributed by atoms with van der Waals surface area (Å²) in [5, 5.41) is 9.67. The lowest BCUT2D eigenvalue weighted by Crippen LogP contribution is -2.10. The van der Waals surface area contributed by atoms with E-state index in [0.717, 1.165) is 12.3 Å². The molecule has 0 aromatic heterocycles. The molecular weight excluding hydrogens is 241 g/mol. The average molecular weight is 258 g/mol.